The average Bonchev–Trinajstić information content (AvgIpc) is 2.73. The lowest BCUT2D eigenvalue weighted by molar-refractivity contribution is 0.314. The Kier molecular flexibility index (Phi) is 4.22. The van der Waals surface area contributed by atoms with E-state index in [0.717, 1.165) is 19.5 Å². The first-order valence-corrected chi connectivity index (χ1v) is 8.17. The number of nitrogens with two attached hydrogens (primary N) is 2. The van der Waals surface area contributed by atoms with Gasteiger partial charge in [-0.3, -0.25) is 0 Å². The van der Waals surface area contributed by atoms with Gasteiger partial charge in [0.05, 0.1) is 5.69 Å². The fraction of sp³-hybridized carbons (Fsp3) is 0.538. The van der Waals surface area contributed by atoms with Crippen molar-refractivity contribution >= 4 is 21.4 Å². The molecule has 112 valence electrons. The molecule has 0 bridgehead atoms. The Labute approximate surface area is 120 Å². The van der Waals surface area contributed by atoms with Gasteiger partial charge >= 0.3 is 0 Å². The highest BCUT2D eigenvalue weighted by Crippen LogP contribution is 2.27. The number of sulfonamides is 1. The van der Waals surface area contributed by atoms with Crippen LogP contribution >= 0.6 is 0 Å². The van der Waals surface area contributed by atoms with E-state index in [2.05, 4.69) is 11.9 Å². The van der Waals surface area contributed by atoms with Crippen LogP contribution < -0.4 is 15.8 Å². The Morgan fingerprint density at radius 2 is 2.15 bits per heavy atom. The number of primary sulfonamides is 1. The van der Waals surface area contributed by atoms with Crippen molar-refractivity contribution in [1.82, 2.24) is 4.90 Å². The summed E-state index contributed by atoms with van der Waals surface area (Å²) in [6, 6.07) is 5.26. The zero-order valence-electron chi connectivity index (χ0n) is 11.9. The predicted octanol–water partition coefficient (Wildman–Crippen LogP) is 0.447. The molecule has 1 aliphatic heterocycles. The van der Waals surface area contributed by atoms with Gasteiger partial charge in [0.15, 0.2) is 0 Å². The summed E-state index contributed by atoms with van der Waals surface area (Å²) in [5, 5.41) is 5.28. The molecule has 0 saturated carbocycles. The van der Waals surface area contributed by atoms with Gasteiger partial charge in [0.2, 0.25) is 10.0 Å². The number of hydrogen-bond acceptors (Lipinski definition) is 5. The lowest BCUT2D eigenvalue weighted by Crippen LogP contribution is -2.37. The maximum absolute atomic E-state index is 11.7. The van der Waals surface area contributed by atoms with Gasteiger partial charge in [-0.25, -0.2) is 13.6 Å². The maximum atomic E-state index is 11.7. The Balaban J connectivity index is 2.27. The summed E-state index contributed by atoms with van der Waals surface area (Å²) in [6.07, 6.45) is 2.30. The van der Waals surface area contributed by atoms with Crippen LogP contribution in [0.2, 0.25) is 0 Å². The molecule has 1 aliphatic rings. The number of hydrogen-bond donors (Lipinski definition) is 2. The Morgan fingerprint density at radius 1 is 1.45 bits per heavy atom. The number of rotatable bonds is 4. The van der Waals surface area contributed by atoms with Gasteiger partial charge in [-0.1, -0.05) is 0 Å². The SMILES string of the molecule is CN(CC1CCCN1C)c1ccc(N)cc1S(N)(=O)=O. The first kappa shape index (κ1) is 15.1. The van der Waals surface area contributed by atoms with Crippen molar-refractivity contribution in [3.8, 4) is 0 Å². The first-order valence-electron chi connectivity index (χ1n) is 6.63. The molecule has 0 spiro atoms. The molecule has 0 radical (unpaired) electrons. The second-order valence-corrected chi connectivity index (χ2v) is 6.96. The monoisotopic (exact) mass is 298 g/mol. The lowest BCUT2D eigenvalue weighted by Gasteiger charge is -2.28. The summed E-state index contributed by atoms with van der Waals surface area (Å²) in [5.74, 6) is 0. The summed E-state index contributed by atoms with van der Waals surface area (Å²) in [4.78, 5) is 4.32. The molecule has 4 N–H and O–H groups in total. The summed E-state index contributed by atoms with van der Waals surface area (Å²) in [7, 11) is 0.190. The third-order valence-corrected chi connectivity index (χ3v) is 4.80. The number of benzene rings is 1. The van der Waals surface area contributed by atoms with Crippen LogP contribution in [-0.2, 0) is 10.0 Å². The largest absolute Gasteiger partial charge is 0.399 e. The molecule has 0 amide bonds. The highest BCUT2D eigenvalue weighted by atomic mass is 32.2. The molecule has 1 heterocycles. The fourth-order valence-corrected chi connectivity index (χ4v) is 3.51. The molecule has 1 unspecified atom stereocenters. The highest BCUT2D eigenvalue weighted by molar-refractivity contribution is 7.89. The van der Waals surface area contributed by atoms with Crippen LogP contribution in [-0.4, -0.2) is 46.5 Å². The smallest absolute Gasteiger partial charge is 0.240 e. The van der Waals surface area contributed by atoms with Crippen LogP contribution in [0.25, 0.3) is 0 Å². The van der Waals surface area contributed by atoms with E-state index in [9.17, 15) is 8.42 Å². The first-order chi connectivity index (χ1) is 9.29. The fourth-order valence-electron chi connectivity index (χ4n) is 2.70. The van der Waals surface area contributed by atoms with Gasteiger partial charge in [-0.2, -0.15) is 0 Å². The van der Waals surface area contributed by atoms with E-state index in [-0.39, 0.29) is 4.90 Å². The molecule has 1 saturated heterocycles. The molecule has 20 heavy (non-hydrogen) atoms. The average molecular weight is 298 g/mol. The molecule has 1 aromatic carbocycles. The van der Waals surface area contributed by atoms with Gasteiger partial charge in [0.1, 0.15) is 4.90 Å². The van der Waals surface area contributed by atoms with E-state index in [1.165, 1.54) is 12.5 Å². The summed E-state index contributed by atoms with van der Waals surface area (Å²) < 4.78 is 23.4. The van der Waals surface area contributed by atoms with Gasteiger partial charge in [-0.05, 0) is 44.6 Å². The van der Waals surface area contributed by atoms with Crippen LogP contribution in [0.3, 0.4) is 0 Å². The normalized spacial score (nSPS) is 20.2. The maximum Gasteiger partial charge on any atom is 0.240 e. The van der Waals surface area contributed by atoms with Gasteiger partial charge in [0, 0.05) is 25.3 Å². The van der Waals surface area contributed by atoms with Crippen LogP contribution in [0.4, 0.5) is 11.4 Å². The third-order valence-electron chi connectivity index (χ3n) is 3.86. The Morgan fingerprint density at radius 3 is 2.70 bits per heavy atom. The molecular formula is C13H22N4O2S. The van der Waals surface area contributed by atoms with Crippen molar-refractivity contribution in [1.29, 1.82) is 0 Å². The minimum Gasteiger partial charge on any atom is -0.399 e. The Hall–Kier alpha value is -1.31. The van der Waals surface area contributed by atoms with Crippen molar-refractivity contribution in [3.05, 3.63) is 18.2 Å². The van der Waals surface area contributed by atoms with E-state index < -0.39 is 10.0 Å². The van der Waals surface area contributed by atoms with Crippen LogP contribution in [0.1, 0.15) is 12.8 Å². The van der Waals surface area contributed by atoms with E-state index in [1.54, 1.807) is 12.1 Å². The number of likely N-dealkylation sites (tertiary alicyclic amines) is 1. The molecule has 0 aromatic heterocycles. The second kappa shape index (κ2) is 5.59. The van der Waals surface area contributed by atoms with E-state index in [1.807, 2.05) is 11.9 Å². The van der Waals surface area contributed by atoms with E-state index in [4.69, 9.17) is 10.9 Å². The molecule has 6 nitrogen and oxygen atoms in total. The minimum atomic E-state index is -3.78. The second-order valence-electron chi connectivity index (χ2n) is 5.43. The lowest BCUT2D eigenvalue weighted by atomic mass is 10.2. The number of anilines is 2. The molecule has 2 rings (SSSR count). The van der Waals surface area contributed by atoms with Crippen molar-refractivity contribution in [3.63, 3.8) is 0 Å². The topological polar surface area (TPSA) is 92.7 Å². The summed E-state index contributed by atoms with van der Waals surface area (Å²) >= 11 is 0. The number of nitrogen functional groups attached to an aromatic ring is 1. The van der Waals surface area contributed by atoms with Crippen molar-refractivity contribution in [2.75, 3.05) is 37.8 Å². The van der Waals surface area contributed by atoms with E-state index in [0.29, 0.717) is 17.4 Å². The van der Waals surface area contributed by atoms with Gasteiger partial charge in [0.25, 0.3) is 0 Å². The van der Waals surface area contributed by atoms with Crippen molar-refractivity contribution in [2.24, 2.45) is 5.14 Å². The third kappa shape index (κ3) is 3.23. The molecule has 1 atom stereocenters. The predicted molar refractivity (Wildman–Crippen MR) is 81.1 cm³/mol. The molecule has 0 aliphatic carbocycles. The van der Waals surface area contributed by atoms with Crippen LogP contribution in [0.15, 0.2) is 23.1 Å². The van der Waals surface area contributed by atoms with Gasteiger partial charge < -0.3 is 15.5 Å². The standard InChI is InChI=1S/C13H22N4O2S/c1-16-7-3-4-11(16)9-17(2)12-6-5-10(14)8-13(12)20(15,18)19/h5-6,8,11H,3-4,7,9,14H2,1-2H3,(H2,15,18,19). The zero-order chi connectivity index (χ0) is 14.9. The van der Waals surface area contributed by atoms with Crippen molar-refractivity contribution < 1.29 is 8.42 Å². The van der Waals surface area contributed by atoms with E-state index >= 15 is 0 Å². The number of nitrogens with zero attached hydrogens (tertiary/aromatic N) is 2. The summed E-state index contributed by atoms with van der Waals surface area (Å²) in [5.41, 5.74) is 6.66. The quantitative estimate of drug-likeness (QED) is 0.787. The highest BCUT2D eigenvalue weighted by Gasteiger charge is 2.24. The number of likely N-dealkylation sites (N-methyl/N-ethyl adjacent to an activating group) is 2. The minimum absolute atomic E-state index is 0.0839. The summed E-state index contributed by atoms with van der Waals surface area (Å²) in [6.45, 7) is 1.85. The Bertz CT molecular complexity index is 588. The van der Waals surface area contributed by atoms with Crippen LogP contribution in [0.5, 0.6) is 0 Å². The molecule has 1 aromatic rings. The molecular weight excluding hydrogens is 276 g/mol. The van der Waals surface area contributed by atoms with Crippen LogP contribution in [0, 0.1) is 0 Å². The van der Waals surface area contributed by atoms with Crippen molar-refractivity contribution in [2.45, 2.75) is 23.8 Å². The van der Waals surface area contributed by atoms with Gasteiger partial charge in [-0.15, -0.1) is 0 Å². The molecule has 7 heteroatoms. The molecule has 1 fully saturated rings. The zero-order valence-corrected chi connectivity index (χ0v) is 12.7.